The van der Waals surface area contributed by atoms with Gasteiger partial charge in [0.05, 0.1) is 18.5 Å². The molecule has 0 saturated carbocycles. The Morgan fingerprint density at radius 2 is 2.10 bits per heavy atom. The van der Waals surface area contributed by atoms with Gasteiger partial charge in [-0.25, -0.2) is 4.68 Å². The number of ether oxygens (including phenoxy) is 1. The minimum atomic E-state index is -0.505. The number of rotatable bonds is 5. The lowest BCUT2D eigenvalue weighted by Crippen LogP contribution is -2.28. The monoisotopic (exact) mass is 288 g/mol. The molecule has 7 nitrogen and oxygen atoms in total. The molecule has 2 rings (SSSR count). The summed E-state index contributed by atoms with van der Waals surface area (Å²) < 4.78 is 6.52. The van der Waals surface area contributed by atoms with E-state index in [1.54, 1.807) is 0 Å². The number of hydrogen-bond acceptors (Lipinski definition) is 5. The molecule has 0 saturated heterocycles. The van der Waals surface area contributed by atoms with Crippen LogP contribution >= 0.6 is 0 Å². The molecule has 1 amide bonds. The Labute approximate surface area is 121 Å². The predicted octanol–water partition coefficient (Wildman–Crippen LogP) is 0.958. The molecule has 0 aliphatic heterocycles. The van der Waals surface area contributed by atoms with Gasteiger partial charge in [-0.3, -0.25) is 9.59 Å². The summed E-state index contributed by atoms with van der Waals surface area (Å²) in [6.07, 6.45) is 1.32. The normalized spacial score (nSPS) is 10.3. The van der Waals surface area contributed by atoms with Crippen LogP contribution in [0.25, 0.3) is 0 Å². The van der Waals surface area contributed by atoms with Crippen molar-refractivity contribution in [2.75, 3.05) is 11.1 Å². The average Bonchev–Trinajstić information content (AvgIpc) is 2.47. The van der Waals surface area contributed by atoms with E-state index in [1.807, 2.05) is 30.3 Å². The fourth-order valence-corrected chi connectivity index (χ4v) is 1.71. The van der Waals surface area contributed by atoms with Gasteiger partial charge in [0.1, 0.15) is 12.4 Å². The van der Waals surface area contributed by atoms with E-state index in [4.69, 9.17) is 10.5 Å². The molecule has 2 aromatic rings. The largest absolute Gasteiger partial charge is 0.392 e. The first-order chi connectivity index (χ1) is 10.1. The molecule has 1 heterocycles. The van der Waals surface area contributed by atoms with Gasteiger partial charge in [-0.15, -0.1) is 0 Å². The molecule has 0 unspecified atom stereocenters. The van der Waals surface area contributed by atoms with Crippen molar-refractivity contribution in [3.05, 3.63) is 52.4 Å². The minimum absolute atomic E-state index is 0.0156. The van der Waals surface area contributed by atoms with Crippen LogP contribution in [0.3, 0.4) is 0 Å². The number of hydrogen-bond donors (Lipinski definition) is 2. The molecule has 7 heteroatoms. The molecule has 0 atom stereocenters. The van der Waals surface area contributed by atoms with E-state index in [-0.39, 0.29) is 24.0 Å². The van der Waals surface area contributed by atoms with Crippen LogP contribution in [0.4, 0.5) is 11.4 Å². The molecule has 1 aromatic heterocycles. The third-order valence-corrected chi connectivity index (χ3v) is 2.72. The number of nitrogens with one attached hydrogen (secondary N) is 1. The molecule has 0 fully saturated rings. The molecule has 1 aromatic carbocycles. The highest BCUT2D eigenvalue weighted by Crippen LogP contribution is 2.10. The molecule has 0 aliphatic carbocycles. The second kappa shape index (κ2) is 6.67. The van der Waals surface area contributed by atoms with E-state index in [9.17, 15) is 9.59 Å². The molecule has 0 aliphatic rings. The van der Waals surface area contributed by atoms with Crippen molar-refractivity contribution in [1.29, 1.82) is 0 Å². The van der Waals surface area contributed by atoms with Crippen molar-refractivity contribution < 1.29 is 9.53 Å². The Bertz CT molecular complexity index is 682. The van der Waals surface area contributed by atoms with Crippen molar-refractivity contribution in [3.63, 3.8) is 0 Å². The van der Waals surface area contributed by atoms with Crippen LogP contribution in [-0.2, 0) is 22.9 Å². The Morgan fingerprint density at radius 3 is 2.76 bits per heavy atom. The van der Waals surface area contributed by atoms with Gasteiger partial charge in [0.15, 0.2) is 0 Å². The van der Waals surface area contributed by atoms with Gasteiger partial charge in [0.25, 0.3) is 5.56 Å². The third-order valence-electron chi connectivity index (χ3n) is 2.72. The van der Waals surface area contributed by atoms with Crippen LogP contribution in [0.1, 0.15) is 12.5 Å². The van der Waals surface area contributed by atoms with Gasteiger partial charge in [0.2, 0.25) is 5.91 Å². The fraction of sp³-hybridized carbons (Fsp3) is 0.214. The summed E-state index contributed by atoms with van der Waals surface area (Å²) in [5.41, 5.74) is 6.29. The molecule has 3 N–H and O–H groups in total. The molecular weight excluding hydrogens is 272 g/mol. The van der Waals surface area contributed by atoms with E-state index in [1.165, 1.54) is 13.1 Å². The summed E-state index contributed by atoms with van der Waals surface area (Å²) in [6, 6.07) is 9.57. The summed E-state index contributed by atoms with van der Waals surface area (Å²) >= 11 is 0. The van der Waals surface area contributed by atoms with Crippen LogP contribution in [0.15, 0.2) is 41.3 Å². The van der Waals surface area contributed by atoms with Crippen LogP contribution in [-0.4, -0.2) is 15.7 Å². The number of anilines is 2. The summed E-state index contributed by atoms with van der Waals surface area (Å²) in [5, 5.41) is 6.35. The highest BCUT2D eigenvalue weighted by atomic mass is 16.5. The maximum atomic E-state index is 12.0. The summed E-state index contributed by atoms with van der Waals surface area (Å²) in [7, 11) is 0. The Morgan fingerprint density at radius 1 is 1.38 bits per heavy atom. The standard InChI is InChI=1S/C14H16N4O3/c1-10(19)17-12-7-16-18(14(20)13(12)15)9-21-8-11-5-3-2-4-6-11/h2-7H,8-9,15H2,1H3,(H,17,19). The van der Waals surface area contributed by atoms with Gasteiger partial charge in [-0.2, -0.15) is 5.10 Å². The van der Waals surface area contributed by atoms with Crippen molar-refractivity contribution in [3.8, 4) is 0 Å². The van der Waals surface area contributed by atoms with Gasteiger partial charge in [0, 0.05) is 6.92 Å². The Balaban J connectivity index is 2.03. The van der Waals surface area contributed by atoms with E-state index in [0.717, 1.165) is 10.2 Å². The molecule has 0 radical (unpaired) electrons. The zero-order chi connectivity index (χ0) is 15.2. The number of nitrogens with two attached hydrogens (primary N) is 1. The van der Waals surface area contributed by atoms with Crippen LogP contribution in [0.5, 0.6) is 0 Å². The number of carbonyl (C=O) groups excluding carboxylic acids is 1. The lowest BCUT2D eigenvalue weighted by molar-refractivity contribution is -0.114. The minimum Gasteiger partial charge on any atom is -0.392 e. The summed E-state index contributed by atoms with van der Waals surface area (Å²) in [4.78, 5) is 22.9. The second-order valence-electron chi connectivity index (χ2n) is 4.42. The highest BCUT2D eigenvalue weighted by Gasteiger charge is 2.09. The van der Waals surface area contributed by atoms with E-state index >= 15 is 0 Å². The first kappa shape index (κ1) is 14.7. The lowest BCUT2D eigenvalue weighted by atomic mass is 10.2. The first-order valence-corrected chi connectivity index (χ1v) is 6.33. The first-order valence-electron chi connectivity index (χ1n) is 6.33. The van der Waals surface area contributed by atoms with Gasteiger partial charge in [-0.05, 0) is 5.56 Å². The summed E-state index contributed by atoms with van der Waals surface area (Å²) in [6.45, 7) is 1.68. The number of nitrogen functional groups attached to an aromatic ring is 1. The SMILES string of the molecule is CC(=O)Nc1cnn(COCc2ccccc2)c(=O)c1N. The van der Waals surface area contributed by atoms with E-state index in [2.05, 4.69) is 10.4 Å². The second-order valence-corrected chi connectivity index (χ2v) is 4.42. The van der Waals surface area contributed by atoms with Crippen molar-refractivity contribution >= 4 is 17.3 Å². The van der Waals surface area contributed by atoms with Gasteiger partial charge < -0.3 is 15.8 Å². The molecular formula is C14H16N4O3. The van der Waals surface area contributed by atoms with Crippen LogP contribution in [0, 0.1) is 0 Å². The fourth-order valence-electron chi connectivity index (χ4n) is 1.71. The topological polar surface area (TPSA) is 99.2 Å². The maximum absolute atomic E-state index is 12.0. The van der Waals surface area contributed by atoms with Crippen molar-refractivity contribution in [1.82, 2.24) is 9.78 Å². The average molecular weight is 288 g/mol. The smallest absolute Gasteiger partial charge is 0.294 e. The summed E-state index contributed by atoms with van der Waals surface area (Å²) in [5.74, 6) is -0.319. The number of carbonyl (C=O) groups is 1. The molecule has 110 valence electrons. The molecule has 0 bridgehead atoms. The molecule has 21 heavy (non-hydrogen) atoms. The zero-order valence-corrected chi connectivity index (χ0v) is 11.6. The predicted molar refractivity (Wildman–Crippen MR) is 78.4 cm³/mol. The maximum Gasteiger partial charge on any atom is 0.294 e. The van der Waals surface area contributed by atoms with Crippen molar-refractivity contribution in [2.24, 2.45) is 0 Å². The van der Waals surface area contributed by atoms with Crippen molar-refractivity contribution in [2.45, 2.75) is 20.3 Å². The molecule has 0 spiro atoms. The highest BCUT2D eigenvalue weighted by molar-refractivity contribution is 5.91. The number of nitrogens with zero attached hydrogens (tertiary/aromatic N) is 2. The third kappa shape index (κ3) is 3.90. The van der Waals surface area contributed by atoms with Gasteiger partial charge in [-0.1, -0.05) is 30.3 Å². The Kier molecular flexibility index (Phi) is 4.68. The lowest BCUT2D eigenvalue weighted by Gasteiger charge is -2.09. The van der Waals surface area contributed by atoms with Crippen LogP contribution < -0.4 is 16.6 Å². The Hall–Kier alpha value is -2.67. The number of aromatic nitrogens is 2. The van der Waals surface area contributed by atoms with E-state index in [0.29, 0.717) is 6.61 Å². The van der Waals surface area contributed by atoms with E-state index < -0.39 is 5.56 Å². The van der Waals surface area contributed by atoms with Gasteiger partial charge >= 0.3 is 0 Å². The quantitative estimate of drug-likeness (QED) is 0.853. The number of amides is 1. The van der Waals surface area contributed by atoms with Crippen LogP contribution in [0.2, 0.25) is 0 Å². The zero-order valence-electron chi connectivity index (χ0n) is 11.6. The number of benzene rings is 1.